The average Bonchev–Trinajstić information content (AvgIpc) is 2.91. The van der Waals surface area contributed by atoms with Gasteiger partial charge in [-0.1, -0.05) is 84.7 Å². The van der Waals surface area contributed by atoms with E-state index in [-0.39, 0.29) is 23.3 Å². The monoisotopic (exact) mass is 613 g/mol. The summed E-state index contributed by atoms with van der Waals surface area (Å²) in [4.78, 5) is 28.8. The Morgan fingerprint density at radius 1 is 0.923 bits per heavy atom. The second-order valence-electron chi connectivity index (χ2n) is 9.87. The van der Waals surface area contributed by atoms with E-state index in [1.165, 1.54) is 17.0 Å². The topological polar surface area (TPSA) is 86.8 Å². The summed E-state index contributed by atoms with van der Waals surface area (Å²) < 4.78 is 29.6. The van der Waals surface area contributed by atoms with Crippen LogP contribution >= 0.6 is 15.9 Å². The molecular weight excluding hydrogens is 578 g/mol. The lowest BCUT2D eigenvalue weighted by molar-refractivity contribution is -0.140. The molecule has 7 nitrogen and oxygen atoms in total. The van der Waals surface area contributed by atoms with Crippen LogP contribution in [0.5, 0.6) is 0 Å². The molecule has 3 aromatic carbocycles. The van der Waals surface area contributed by atoms with E-state index in [0.29, 0.717) is 18.7 Å². The molecule has 0 aliphatic heterocycles. The third kappa shape index (κ3) is 8.16. The zero-order chi connectivity index (χ0) is 28.6. The van der Waals surface area contributed by atoms with E-state index in [1.54, 1.807) is 36.4 Å². The van der Waals surface area contributed by atoms with Crippen molar-refractivity contribution in [3.8, 4) is 0 Å². The lowest BCUT2D eigenvalue weighted by atomic mass is 10.1. The minimum atomic E-state index is -4.09. The fourth-order valence-electron chi connectivity index (χ4n) is 4.10. The molecule has 0 bridgehead atoms. The number of rotatable bonds is 12. The lowest BCUT2D eigenvalue weighted by Gasteiger charge is -2.33. The zero-order valence-corrected chi connectivity index (χ0v) is 25.2. The molecule has 0 saturated carbocycles. The van der Waals surface area contributed by atoms with E-state index < -0.39 is 28.5 Å². The number of hydrogen-bond donors (Lipinski definition) is 1. The van der Waals surface area contributed by atoms with E-state index in [9.17, 15) is 18.0 Å². The first-order valence-electron chi connectivity index (χ1n) is 13.0. The molecule has 3 rings (SSSR count). The summed E-state index contributed by atoms with van der Waals surface area (Å²) in [5.41, 5.74) is 2.12. The Morgan fingerprint density at radius 3 is 2.10 bits per heavy atom. The average molecular weight is 615 g/mol. The molecule has 3 aromatic rings. The molecular formula is C30H36BrN3O4S. The Bertz CT molecular complexity index is 1350. The summed E-state index contributed by atoms with van der Waals surface area (Å²) >= 11 is 3.39. The minimum Gasteiger partial charge on any atom is -0.354 e. The van der Waals surface area contributed by atoms with Gasteiger partial charge in [0.2, 0.25) is 11.8 Å². The van der Waals surface area contributed by atoms with Crippen molar-refractivity contribution in [2.45, 2.75) is 51.6 Å². The van der Waals surface area contributed by atoms with Crippen LogP contribution in [0.4, 0.5) is 5.69 Å². The second kappa shape index (κ2) is 13.8. The number of carbonyl (C=O) groups excluding carboxylic acids is 2. The van der Waals surface area contributed by atoms with Gasteiger partial charge in [0.15, 0.2) is 0 Å². The molecule has 0 fully saturated rings. The van der Waals surface area contributed by atoms with Crippen LogP contribution < -0.4 is 9.62 Å². The number of nitrogens with one attached hydrogen (secondary N) is 1. The number of aryl methyl sites for hydroxylation is 1. The smallest absolute Gasteiger partial charge is 0.264 e. The maximum atomic E-state index is 14.0. The van der Waals surface area contributed by atoms with Crippen LogP contribution in [0.2, 0.25) is 0 Å². The predicted octanol–water partition coefficient (Wildman–Crippen LogP) is 5.53. The molecule has 208 valence electrons. The first-order chi connectivity index (χ1) is 18.5. The van der Waals surface area contributed by atoms with Gasteiger partial charge in [-0.25, -0.2) is 8.42 Å². The van der Waals surface area contributed by atoms with Crippen LogP contribution in [-0.2, 0) is 26.2 Å². The molecule has 0 aliphatic rings. The fourth-order valence-corrected chi connectivity index (χ4v) is 5.77. The van der Waals surface area contributed by atoms with E-state index in [4.69, 9.17) is 0 Å². The molecule has 0 heterocycles. The zero-order valence-electron chi connectivity index (χ0n) is 22.8. The largest absolute Gasteiger partial charge is 0.354 e. The highest BCUT2D eigenvalue weighted by molar-refractivity contribution is 9.10. The summed E-state index contributed by atoms with van der Waals surface area (Å²) in [6, 6.07) is 21.9. The Balaban J connectivity index is 2.02. The van der Waals surface area contributed by atoms with E-state index in [1.807, 2.05) is 58.0 Å². The second-order valence-corrected chi connectivity index (χ2v) is 12.6. The molecule has 0 saturated heterocycles. The van der Waals surface area contributed by atoms with Crippen molar-refractivity contribution in [1.82, 2.24) is 10.2 Å². The summed E-state index contributed by atoms with van der Waals surface area (Å²) in [6.07, 6.45) is 0.380. The third-order valence-corrected chi connectivity index (χ3v) is 8.59. The normalized spacial score (nSPS) is 12.2. The molecule has 0 spiro atoms. The van der Waals surface area contributed by atoms with Gasteiger partial charge in [-0.2, -0.15) is 0 Å². The van der Waals surface area contributed by atoms with E-state index >= 15 is 0 Å². The number of hydrogen-bond acceptors (Lipinski definition) is 4. The van der Waals surface area contributed by atoms with Gasteiger partial charge in [-0.15, -0.1) is 0 Å². The van der Waals surface area contributed by atoms with Gasteiger partial charge >= 0.3 is 0 Å². The summed E-state index contributed by atoms with van der Waals surface area (Å²) in [5, 5.41) is 2.94. The van der Waals surface area contributed by atoms with Crippen molar-refractivity contribution in [1.29, 1.82) is 0 Å². The summed E-state index contributed by atoms with van der Waals surface area (Å²) in [5.74, 6) is -0.478. The van der Waals surface area contributed by atoms with Crippen molar-refractivity contribution in [2.75, 3.05) is 17.4 Å². The van der Waals surface area contributed by atoms with Gasteiger partial charge in [-0.05, 0) is 61.2 Å². The van der Waals surface area contributed by atoms with Crippen LogP contribution in [0.3, 0.4) is 0 Å². The van der Waals surface area contributed by atoms with E-state index in [0.717, 1.165) is 19.9 Å². The van der Waals surface area contributed by atoms with Crippen LogP contribution in [0.1, 0.15) is 38.3 Å². The molecule has 1 atom stereocenters. The van der Waals surface area contributed by atoms with Crippen LogP contribution in [0.25, 0.3) is 0 Å². The van der Waals surface area contributed by atoms with E-state index in [2.05, 4.69) is 21.2 Å². The third-order valence-electron chi connectivity index (χ3n) is 6.27. The van der Waals surface area contributed by atoms with Gasteiger partial charge < -0.3 is 10.2 Å². The highest BCUT2D eigenvalue weighted by Crippen LogP contribution is 2.26. The molecule has 1 N–H and O–H groups in total. The molecule has 0 radical (unpaired) electrons. The quantitative estimate of drug-likeness (QED) is 0.291. The van der Waals surface area contributed by atoms with Gasteiger partial charge in [0.1, 0.15) is 12.6 Å². The molecule has 0 aromatic heterocycles. The summed E-state index contributed by atoms with van der Waals surface area (Å²) in [6.45, 7) is 7.92. The van der Waals surface area contributed by atoms with Crippen LogP contribution in [-0.4, -0.2) is 44.3 Å². The number of halogens is 1. The number of anilines is 1. The number of sulfonamides is 1. The van der Waals surface area contributed by atoms with Gasteiger partial charge in [0.25, 0.3) is 10.0 Å². The molecule has 1 unspecified atom stereocenters. The van der Waals surface area contributed by atoms with Crippen molar-refractivity contribution in [3.63, 3.8) is 0 Å². The van der Waals surface area contributed by atoms with Gasteiger partial charge in [-0.3, -0.25) is 13.9 Å². The van der Waals surface area contributed by atoms with Crippen LogP contribution in [0, 0.1) is 12.8 Å². The number of nitrogens with zero attached hydrogens (tertiary/aromatic N) is 2. The molecule has 9 heteroatoms. The first-order valence-corrected chi connectivity index (χ1v) is 15.2. The highest BCUT2D eigenvalue weighted by atomic mass is 79.9. The van der Waals surface area contributed by atoms with Crippen molar-refractivity contribution < 1.29 is 18.0 Å². The van der Waals surface area contributed by atoms with Crippen LogP contribution in [0.15, 0.2) is 88.2 Å². The van der Waals surface area contributed by atoms with Crippen molar-refractivity contribution in [3.05, 3.63) is 94.5 Å². The van der Waals surface area contributed by atoms with Crippen molar-refractivity contribution >= 4 is 43.5 Å². The maximum Gasteiger partial charge on any atom is 0.264 e. The van der Waals surface area contributed by atoms with Crippen molar-refractivity contribution in [2.24, 2.45) is 5.92 Å². The first kappa shape index (κ1) is 30.4. The fraction of sp³-hybridized carbons (Fsp3) is 0.333. The Morgan fingerprint density at radius 2 is 1.54 bits per heavy atom. The van der Waals surface area contributed by atoms with Gasteiger partial charge in [0, 0.05) is 17.6 Å². The Labute approximate surface area is 240 Å². The summed E-state index contributed by atoms with van der Waals surface area (Å²) in [7, 11) is -4.09. The number of benzene rings is 3. The number of carbonyl (C=O) groups is 2. The standard InChI is InChI=1S/C30H36BrN3O4S/c1-5-28(30(36)32-19-22(2)3)33(20-24-9-7-6-8-10-24)29(35)21-34(26-15-13-25(31)14-16-26)39(37,38)27-17-11-23(4)12-18-27/h6-18,22,28H,5,19-21H2,1-4H3,(H,32,36). The predicted molar refractivity (Wildman–Crippen MR) is 159 cm³/mol. The Kier molecular flexibility index (Phi) is 10.7. The maximum absolute atomic E-state index is 14.0. The molecule has 0 aliphatic carbocycles. The van der Waals surface area contributed by atoms with Gasteiger partial charge in [0.05, 0.1) is 10.6 Å². The minimum absolute atomic E-state index is 0.0835. The SMILES string of the molecule is CCC(C(=O)NCC(C)C)N(Cc1ccccc1)C(=O)CN(c1ccc(Br)cc1)S(=O)(=O)c1ccc(C)cc1. The Hall–Kier alpha value is -3.17. The lowest BCUT2D eigenvalue weighted by Crippen LogP contribution is -2.52. The highest BCUT2D eigenvalue weighted by Gasteiger charge is 2.33. The number of amides is 2. The molecule has 39 heavy (non-hydrogen) atoms. The molecule has 2 amide bonds.